The number of rotatable bonds is 3. The van der Waals surface area contributed by atoms with Crippen LogP contribution in [0.1, 0.15) is 5.82 Å². The van der Waals surface area contributed by atoms with Crippen LogP contribution in [0.5, 0.6) is 0 Å². The van der Waals surface area contributed by atoms with Gasteiger partial charge in [-0.2, -0.15) is 0 Å². The second-order valence-electron chi connectivity index (χ2n) is 4.61. The van der Waals surface area contributed by atoms with Crippen LogP contribution in [0.4, 0.5) is 0 Å². The summed E-state index contributed by atoms with van der Waals surface area (Å²) < 4.78 is 6.20. The number of nitrogens with one attached hydrogen (secondary N) is 1. The lowest BCUT2D eigenvalue weighted by atomic mass is 10.2. The minimum atomic E-state index is -0.0568. The van der Waals surface area contributed by atoms with Crippen molar-refractivity contribution in [2.45, 2.75) is 12.6 Å². The minimum Gasteiger partial charge on any atom is -0.374 e. The van der Waals surface area contributed by atoms with E-state index in [0.717, 1.165) is 18.6 Å². The molecule has 3 heterocycles. The van der Waals surface area contributed by atoms with E-state index in [2.05, 4.69) is 14.9 Å². The fourth-order valence-corrected chi connectivity index (χ4v) is 3.00. The molecule has 6 nitrogen and oxygen atoms in total. The number of nitrogens with two attached hydrogens (primary N) is 1. The van der Waals surface area contributed by atoms with Gasteiger partial charge in [0.1, 0.15) is 10.5 Å². The Kier molecular flexibility index (Phi) is 3.61. The van der Waals surface area contributed by atoms with E-state index < -0.39 is 0 Å². The molecular formula is C12H16N4O2S. The molecule has 2 aromatic rings. The topological polar surface area (TPSA) is 84.2 Å². The number of H-pyrrole nitrogens is 1. The number of ether oxygens (including phenoxy) is 1. The second-order valence-corrected chi connectivity index (χ2v) is 5.53. The Morgan fingerprint density at radius 1 is 1.63 bits per heavy atom. The summed E-state index contributed by atoms with van der Waals surface area (Å²) in [4.78, 5) is 21.4. The summed E-state index contributed by atoms with van der Waals surface area (Å²) in [7, 11) is 0. The molecule has 7 heteroatoms. The van der Waals surface area contributed by atoms with E-state index in [9.17, 15) is 4.79 Å². The Hall–Kier alpha value is -1.28. The molecule has 3 rings (SSSR count). The van der Waals surface area contributed by atoms with Crippen LogP contribution in [-0.2, 0) is 11.3 Å². The normalized spacial score (nSPS) is 21.0. The highest BCUT2D eigenvalue weighted by atomic mass is 32.1. The minimum absolute atomic E-state index is 0.0568. The van der Waals surface area contributed by atoms with Gasteiger partial charge >= 0.3 is 0 Å². The van der Waals surface area contributed by atoms with Gasteiger partial charge < -0.3 is 15.5 Å². The molecule has 1 aliphatic rings. The smallest absolute Gasteiger partial charge is 0.268 e. The van der Waals surface area contributed by atoms with Gasteiger partial charge in [-0.1, -0.05) is 0 Å². The van der Waals surface area contributed by atoms with E-state index in [1.54, 1.807) is 0 Å². The van der Waals surface area contributed by atoms with Crippen molar-refractivity contribution in [3.05, 3.63) is 27.6 Å². The van der Waals surface area contributed by atoms with Crippen molar-refractivity contribution in [1.82, 2.24) is 14.9 Å². The number of thiophene rings is 1. The number of fused-ring (bicyclic) bond motifs is 1. The SMILES string of the molecule is NCC1CN(Cc2nc3ccsc3c(=O)[nH]2)CCO1. The quantitative estimate of drug-likeness (QED) is 0.835. The van der Waals surface area contributed by atoms with Crippen LogP contribution in [0.25, 0.3) is 10.2 Å². The molecular weight excluding hydrogens is 264 g/mol. The zero-order valence-electron chi connectivity index (χ0n) is 10.5. The number of hydrogen-bond donors (Lipinski definition) is 2. The van der Waals surface area contributed by atoms with Gasteiger partial charge in [0.05, 0.1) is 24.8 Å². The molecule has 1 atom stereocenters. The third kappa shape index (κ3) is 2.69. The van der Waals surface area contributed by atoms with Crippen molar-refractivity contribution >= 4 is 21.6 Å². The van der Waals surface area contributed by atoms with E-state index in [-0.39, 0.29) is 11.7 Å². The zero-order valence-corrected chi connectivity index (χ0v) is 11.3. The molecule has 19 heavy (non-hydrogen) atoms. The Balaban J connectivity index is 1.79. The van der Waals surface area contributed by atoms with E-state index in [1.165, 1.54) is 11.3 Å². The Bertz CT molecular complexity index is 623. The highest BCUT2D eigenvalue weighted by Gasteiger charge is 2.20. The lowest BCUT2D eigenvalue weighted by Crippen LogP contribution is -2.45. The van der Waals surface area contributed by atoms with Gasteiger partial charge in [0, 0.05) is 19.6 Å². The Morgan fingerprint density at radius 3 is 3.37 bits per heavy atom. The van der Waals surface area contributed by atoms with Crippen LogP contribution < -0.4 is 11.3 Å². The molecule has 3 N–H and O–H groups in total. The summed E-state index contributed by atoms with van der Waals surface area (Å²) in [5.41, 5.74) is 6.33. The van der Waals surface area contributed by atoms with Gasteiger partial charge in [-0.05, 0) is 11.4 Å². The molecule has 0 saturated carbocycles. The van der Waals surface area contributed by atoms with Crippen molar-refractivity contribution < 1.29 is 4.74 Å². The number of hydrogen-bond acceptors (Lipinski definition) is 6. The van der Waals surface area contributed by atoms with Crippen LogP contribution in [-0.4, -0.2) is 47.2 Å². The average Bonchev–Trinajstić information content (AvgIpc) is 2.88. The maximum Gasteiger partial charge on any atom is 0.268 e. The first-order chi connectivity index (χ1) is 9.26. The van der Waals surface area contributed by atoms with Crippen molar-refractivity contribution in [1.29, 1.82) is 0 Å². The third-order valence-corrected chi connectivity index (χ3v) is 4.13. The summed E-state index contributed by atoms with van der Waals surface area (Å²) in [6, 6.07) is 1.88. The Labute approximate surface area is 114 Å². The maximum atomic E-state index is 11.9. The lowest BCUT2D eigenvalue weighted by molar-refractivity contribution is -0.0268. The number of aromatic nitrogens is 2. The van der Waals surface area contributed by atoms with Crippen LogP contribution in [0.15, 0.2) is 16.2 Å². The molecule has 0 aliphatic carbocycles. The number of aromatic amines is 1. The van der Waals surface area contributed by atoms with E-state index in [1.807, 2.05) is 11.4 Å². The monoisotopic (exact) mass is 280 g/mol. The fraction of sp³-hybridized carbons (Fsp3) is 0.500. The third-order valence-electron chi connectivity index (χ3n) is 3.22. The van der Waals surface area contributed by atoms with Gasteiger partial charge in [-0.15, -0.1) is 11.3 Å². The highest BCUT2D eigenvalue weighted by molar-refractivity contribution is 7.17. The predicted molar refractivity (Wildman–Crippen MR) is 74.3 cm³/mol. The largest absolute Gasteiger partial charge is 0.374 e. The summed E-state index contributed by atoms with van der Waals surface area (Å²) >= 11 is 1.42. The summed E-state index contributed by atoms with van der Waals surface area (Å²) in [5, 5.41) is 1.88. The van der Waals surface area contributed by atoms with Crippen LogP contribution >= 0.6 is 11.3 Å². The molecule has 0 spiro atoms. The average molecular weight is 280 g/mol. The second kappa shape index (κ2) is 5.38. The molecule has 0 radical (unpaired) electrons. The first-order valence-electron chi connectivity index (χ1n) is 6.26. The van der Waals surface area contributed by atoms with Crippen molar-refractivity contribution in [2.75, 3.05) is 26.2 Å². The standard InChI is InChI=1S/C12H16N4O2S/c13-5-8-6-16(2-3-18-8)7-10-14-9-1-4-19-11(9)12(17)15-10/h1,4,8H,2-3,5-7,13H2,(H,14,15,17). The molecule has 102 valence electrons. The van der Waals surface area contributed by atoms with Crippen molar-refractivity contribution in [3.63, 3.8) is 0 Å². The van der Waals surface area contributed by atoms with Crippen LogP contribution in [0.2, 0.25) is 0 Å². The van der Waals surface area contributed by atoms with Gasteiger partial charge in [0.2, 0.25) is 0 Å². The molecule has 0 aromatic carbocycles. The summed E-state index contributed by atoms with van der Waals surface area (Å²) in [6.45, 7) is 3.43. The molecule has 1 fully saturated rings. The first-order valence-corrected chi connectivity index (χ1v) is 7.14. The van der Waals surface area contributed by atoms with Gasteiger partial charge in [-0.3, -0.25) is 9.69 Å². The molecule has 0 bridgehead atoms. The maximum absolute atomic E-state index is 11.9. The van der Waals surface area contributed by atoms with Crippen LogP contribution in [0.3, 0.4) is 0 Å². The molecule has 1 aliphatic heterocycles. The van der Waals surface area contributed by atoms with Gasteiger partial charge in [0.25, 0.3) is 5.56 Å². The number of nitrogens with zero attached hydrogens (tertiary/aromatic N) is 2. The van der Waals surface area contributed by atoms with Crippen LogP contribution in [0, 0.1) is 0 Å². The van der Waals surface area contributed by atoms with Gasteiger partial charge in [0.15, 0.2) is 0 Å². The molecule has 1 saturated heterocycles. The van der Waals surface area contributed by atoms with Gasteiger partial charge in [-0.25, -0.2) is 4.98 Å². The zero-order chi connectivity index (χ0) is 13.2. The first kappa shape index (κ1) is 12.7. The lowest BCUT2D eigenvalue weighted by Gasteiger charge is -2.31. The summed E-state index contributed by atoms with van der Waals surface area (Å²) in [6.07, 6.45) is 0.0744. The van der Waals surface area contributed by atoms with Crippen molar-refractivity contribution in [2.24, 2.45) is 5.73 Å². The number of morpholine rings is 1. The Morgan fingerprint density at radius 2 is 2.53 bits per heavy atom. The van der Waals surface area contributed by atoms with E-state index >= 15 is 0 Å². The predicted octanol–water partition coefficient (Wildman–Crippen LogP) is 0.144. The van der Waals surface area contributed by atoms with Crippen molar-refractivity contribution in [3.8, 4) is 0 Å². The molecule has 1 unspecified atom stereocenters. The fourth-order valence-electron chi connectivity index (χ4n) is 2.27. The van der Waals surface area contributed by atoms with E-state index in [4.69, 9.17) is 10.5 Å². The molecule has 2 aromatic heterocycles. The van der Waals surface area contributed by atoms with E-state index in [0.29, 0.717) is 30.2 Å². The molecule has 0 amide bonds. The highest BCUT2D eigenvalue weighted by Crippen LogP contribution is 2.14. The summed E-state index contributed by atoms with van der Waals surface area (Å²) in [5.74, 6) is 0.702.